The van der Waals surface area contributed by atoms with Crippen LogP contribution in [0.5, 0.6) is 0 Å². The number of benzene rings is 1. The van der Waals surface area contributed by atoms with E-state index in [1.807, 2.05) is 0 Å². The van der Waals surface area contributed by atoms with Gasteiger partial charge in [0.25, 0.3) is 0 Å². The SMILES string of the molecule is O=CC(CCCN1CCC(C(=O)O)C1)NC(=O)Nc1ccc(Cl)cc1. The van der Waals surface area contributed by atoms with Crippen LogP contribution in [0.4, 0.5) is 10.5 Å². The lowest BCUT2D eigenvalue weighted by atomic mass is 10.1. The Balaban J connectivity index is 1.69. The summed E-state index contributed by atoms with van der Waals surface area (Å²) in [5, 5.41) is 14.8. The average Bonchev–Trinajstić information content (AvgIpc) is 3.05. The van der Waals surface area contributed by atoms with Crippen LogP contribution in [0.15, 0.2) is 24.3 Å². The second-order valence-electron chi connectivity index (χ2n) is 6.11. The molecule has 2 amide bonds. The maximum Gasteiger partial charge on any atom is 0.319 e. The molecule has 1 saturated heterocycles. The van der Waals surface area contributed by atoms with Crippen molar-refractivity contribution in [2.75, 3.05) is 25.0 Å². The molecule has 0 aliphatic carbocycles. The van der Waals surface area contributed by atoms with Crippen molar-refractivity contribution in [1.82, 2.24) is 10.2 Å². The Hall–Kier alpha value is -2.12. The molecule has 1 heterocycles. The van der Waals surface area contributed by atoms with E-state index in [2.05, 4.69) is 15.5 Å². The zero-order valence-corrected chi connectivity index (χ0v) is 14.5. The fraction of sp³-hybridized carbons (Fsp3) is 0.471. The summed E-state index contributed by atoms with van der Waals surface area (Å²) in [5.74, 6) is -1.06. The second-order valence-corrected chi connectivity index (χ2v) is 6.55. The Bertz CT molecular complexity index is 608. The van der Waals surface area contributed by atoms with E-state index in [1.54, 1.807) is 24.3 Å². The molecule has 2 rings (SSSR count). The van der Waals surface area contributed by atoms with Crippen molar-refractivity contribution in [1.29, 1.82) is 0 Å². The highest BCUT2D eigenvalue weighted by molar-refractivity contribution is 6.30. The van der Waals surface area contributed by atoms with Crippen LogP contribution >= 0.6 is 11.6 Å². The Kier molecular flexibility index (Phi) is 7.21. The maximum absolute atomic E-state index is 11.9. The number of hydrogen-bond donors (Lipinski definition) is 3. The number of aldehydes is 1. The number of carbonyl (C=O) groups excluding carboxylic acids is 2. The first kappa shape index (κ1) is 19.2. The summed E-state index contributed by atoms with van der Waals surface area (Å²) in [4.78, 5) is 36.1. The van der Waals surface area contributed by atoms with Gasteiger partial charge in [-0.05, 0) is 56.6 Å². The zero-order valence-electron chi connectivity index (χ0n) is 13.8. The van der Waals surface area contributed by atoms with Gasteiger partial charge in [0.1, 0.15) is 6.29 Å². The summed E-state index contributed by atoms with van der Waals surface area (Å²) in [6.07, 6.45) is 2.59. The van der Waals surface area contributed by atoms with E-state index >= 15 is 0 Å². The minimum absolute atomic E-state index is 0.301. The van der Waals surface area contributed by atoms with Crippen molar-refractivity contribution in [3.63, 3.8) is 0 Å². The predicted octanol–water partition coefficient (Wildman–Crippen LogP) is 2.22. The van der Waals surface area contributed by atoms with Crippen LogP contribution < -0.4 is 10.6 Å². The standard InChI is InChI=1S/C17H22ClN3O4/c18-13-3-5-14(6-4-13)19-17(25)20-15(11-22)2-1-8-21-9-7-12(10-21)16(23)24/h3-6,11-12,15H,1-2,7-10H2,(H,23,24)(H2,19,20,25). The number of carboxylic acids is 1. The summed E-state index contributed by atoms with van der Waals surface area (Å²) in [5.41, 5.74) is 0.586. The maximum atomic E-state index is 11.9. The number of rotatable bonds is 8. The monoisotopic (exact) mass is 367 g/mol. The molecule has 0 saturated carbocycles. The van der Waals surface area contributed by atoms with Gasteiger partial charge in [-0.25, -0.2) is 4.79 Å². The molecule has 8 heteroatoms. The summed E-state index contributed by atoms with van der Waals surface area (Å²) in [7, 11) is 0. The first-order valence-electron chi connectivity index (χ1n) is 8.21. The van der Waals surface area contributed by atoms with Crippen LogP contribution in [-0.2, 0) is 9.59 Å². The van der Waals surface area contributed by atoms with Crippen molar-refractivity contribution in [3.8, 4) is 0 Å². The number of carboxylic acid groups (broad SMARTS) is 1. The van der Waals surface area contributed by atoms with E-state index in [9.17, 15) is 14.4 Å². The topological polar surface area (TPSA) is 98.7 Å². The van der Waals surface area contributed by atoms with Crippen molar-refractivity contribution < 1.29 is 19.5 Å². The van der Waals surface area contributed by atoms with Crippen molar-refractivity contribution in [3.05, 3.63) is 29.3 Å². The van der Waals surface area contributed by atoms with Crippen LogP contribution in [0.2, 0.25) is 5.02 Å². The quantitative estimate of drug-likeness (QED) is 0.612. The highest BCUT2D eigenvalue weighted by Gasteiger charge is 2.27. The van der Waals surface area contributed by atoms with E-state index < -0.39 is 18.0 Å². The second kappa shape index (κ2) is 9.39. The number of likely N-dealkylation sites (tertiary alicyclic amines) is 1. The van der Waals surface area contributed by atoms with Crippen molar-refractivity contribution in [2.24, 2.45) is 5.92 Å². The Morgan fingerprint density at radius 2 is 2.08 bits per heavy atom. The summed E-state index contributed by atoms with van der Waals surface area (Å²) >= 11 is 5.78. The van der Waals surface area contributed by atoms with E-state index in [4.69, 9.17) is 16.7 Å². The van der Waals surface area contributed by atoms with E-state index in [0.717, 1.165) is 6.54 Å². The van der Waals surface area contributed by atoms with Gasteiger partial charge < -0.3 is 25.4 Å². The minimum atomic E-state index is -0.756. The molecule has 7 nitrogen and oxygen atoms in total. The molecular formula is C17H22ClN3O4. The third-order valence-electron chi connectivity index (χ3n) is 4.19. The molecule has 0 radical (unpaired) electrons. The molecule has 3 N–H and O–H groups in total. The third kappa shape index (κ3) is 6.36. The fourth-order valence-electron chi connectivity index (χ4n) is 2.82. The molecule has 136 valence electrons. The van der Waals surface area contributed by atoms with Gasteiger partial charge in [-0.2, -0.15) is 0 Å². The summed E-state index contributed by atoms with van der Waals surface area (Å²) in [6.45, 7) is 2.02. The smallest absolute Gasteiger partial charge is 0.319 e. The molecule has 0 aromatic heterocycles. The van der Waals surface area contributed by atoms with Gasteiger partial charge in [0.15, 0.2) is 0 Å². The van der Waals surface area contributed by atoms with Gasteiger partial charge in [-0.3, -0.25) is 4.79 Å². The number of nitrogens with one attached hydrogen (secondary N) is 2. The van der Waals surface area contributed by atoms with E-state index in [0.29, 0.717) is 49.3 Å². The number of nitrogens with zero attached hydrogens (tertiary/aromatic N) is 1. The van der Waals surface area contributed by atoms with Crippen molar-refractivity contribution >= 4 is 35.6 Å². The molecule has 1 aliphatic heterocycles. The third-order valence-corrected chi connectivity index (χ3v) is 4.45. The zero-order chi connectivity index (χ0) is 18.2. The lowest BCUT2D eigenvalue weighted by molar-refractivity contribution is -0.141. The summed E-state index contributed by atoms with van der Waals surface area (Å²) < 4.78 is 0. The molecule has 1 fully saturated rings. The van der Waals surface area contributed by atoms with Gasteiger partial charge in [0.05, 0.1) is 12.0 Å². The molecule has 2 atom stereocenters. The fourth-order valence-corrected chi connectivity index (χ4v) is 2.94. The molecular weight excluding hydrogens is 346 g/mol. The highest BCUT2D eigenvalue weighted by atomic mass is 35.5. The summed E-state index contributed by atoms with van der Waals surface area (Å²) in [6, 6.07) is 5.63. The van der Waals surface area contributed by atoms with Crippen LogP contribution in [0.3, 0.4) is 0 Å². The number of hydrogen-bond acceptors (Lipinski definition) is 4. The largest absolute Gasteiger partial charge is 0.481 e. The number of anilines is 1. The van der Waals surface area contributed by atoms with Crippen LogP contribution in [0.1, 0.15) is 19.3 Å². The minimum Gasteiger partial charge on any atom is -0.481 e. The molecule has 0 bridgehead atoms. The van der Waals surface area contributed by atoms with Crippen molar-refractivity contribution in [2.45, 2.75) is 25.3 Å². The Morgan fingerprint density at radius 1 is 1.36 bits per heavy atom. The lowest BCUT2D eigenvalue weighted by Gasteiger charge is -2.17. The van der Waals surface area contributed by atoms with Gasteiger partial charge in [0, 0.05) is 17.3 Å². The Morgan fingerprint density at radius 3 is 2.68 bits per heavy atom. The van der Waals surface area contributed by atoms with Crippen LogP contribution in [-0.4, -0.2) is 54.0 Å². The number of aliphatic carboxylic acids is 1. The lowest BCUT2D eigenvalue weighted by Crippen LogP contribution is -2.39. The number of carbonyl (C=O) groups is 3. The first-order valence-corrected chi connectivity index (χ1v) is 8.59. The normalized spacial score (nSPS) is 18.5. The predicted molar refractivity (Wildman–Crippen MR) is 94.9 cm³/mol. The van der Waals surface area contributed by atoms with Gasteiger partial charge in [-0.15, -0.1) is 0 Å². The van der Waals surface area contributed by atoms with Gasteiger partial charge >= 0.3 is 12.0 Å². The molecule has 25 heavy (non-hydrogen) atoms. The average molecular weight is 368 g/mol. The number of halogens is 1. The van der Waals surface area contributed by atoms with Gasteiger partial charge in [-0.1, -0.05) is 11.6 Å². The number of urea groups is 1. The number of amides is 2. The Labute approximate surface area is 151 Å². The van der Waals surface area contributed by atoms with E-state index in [-0.39, 0.29) is 5.92 Å². The van der Waals surface area contributed by atoms with Crippen LogP contribution in [0.25, 0.3) is 0 Å². The highest BCUT2D eigenvalue weighted by Crippen LogP contribution is 2.17. The molecule has 1 aromatic rings. The van der Waals surface area contributed by atoms with Gasteiger partial charge in [0.2, 0.25) is 0 Å². The first-order chi connectivity index (χ1) is 12.0. The molecule has 0 spiro atoms. The van der Waals surface area contributed by atoms with Crippen LogP contribution in [0, 0.1) is 5.92 Å². The molecule has 1 aliphatic rings. The molecule has 2 unspecified atom stereocenters. The molecule has 1 aromatic carbocycles. The van der Waals surface area contributed by atoms with E-state index in [1.165, 1.54) is 0 Å².